The highest BCUT2D eigenvalue weighted by Crippen LogP contribution is 2.28. The highest BCUT2D eigenvalue weighted by Gasteiger charge is 2.31. The molecule has 1 saturated carbocycles. The molecule has 2 aliphatic rings. The topological polar surface area (TPSA) is 52.7 Å². The second kappa shape index (κ2) is 7.88. The Hall–Kier alpha value is -1.75. The van der Waals surface area contributed by atoms with Crippen molar-refractivity contribution in [3.8, 4) is 0 Å². The van der Waals surface area contributed by atoms with Crippen molar-refractivity contribution in [3.05, 3.63) is 34.9 Å². The number of rotatable bonds is 4. The van der Waals surface area contributed by atoms with Crippen LogP contribution in [0.4, 0.5) is 4.79 Å². The number of halogens is 1. The molecule has 1 N–H and O–H groups in total. The van der Waals surface area contributed by atoms with Gasteiger partial charge in [-0.05, 0) is 37.0 Å². The van der Waals surface area contributed by atoms with E-state index in [1.165, 1.54) is 6.42 Å². The summed E-state index contributed by atoms with van der Waals surface area (Å²) in [4.78, 5) is 28.1. The molecular weight excluding hydrogens is 326 g/mol. The second-order valence-electron chi connectivity index (χ2n) is 6.55. The zero-order valence-corrected chi connectivity index (χ0v) is 14.6. The molecule has 0 radical (unpaired) electrons. The number of piperazine rings is 1. The summed E-state index contributed by atoms with van der Waals surface area (Å²) in [6, 6.07) is 7.63. The number of amides is 3. The Kier molecular flexibility index (Phi) is 5.61. The molecule has 1 aliphatic carbocycles. The summed E-state index contributed by atoms with van der Waals surface area (Å²) >= 11 is 5.96. The van der Waals surface area contributed by atoms with Crippen LogP contribution in [0.5, 0.6) is 0 Å². The fourth-order valence-electron chi connectivity index (χ4n) is 3.16. The quantitative estimate of drug-likeness (QED) is 0.908. The lowest BCUT2D eigenvalue weighted by Gasteiger charge is -2.38. The molecular formula is C18H24ClN3O2. The van der Waals surface area contributed by atoms with Gasteiger partial charge >= 0.3 is 6.03 Å². The molecule has 0 atom stereocenters. The summed E-state index contributed by atoms with van der Waals surface area (Å²) in [5.74, 6) is 0.519. The van der Waals surface area contributed by atoms with Crippen LogP contribution in [0.2, 0.25) is 5.02 Å². The first kappa shape index (κ1) is 17.1. The Morgan fingerprint density at radius 3 is 2.46 bits per heavy atom. The third-order valence-electron chi connectivity index (χ3n) is 4.91. The van der Waals surface area contributed by atoms with Gasteiger partial charge in [-0.15, -0.1) is 0 Å². The maximum atomic E-state index is 12.2. The van der Waals surface area contributed by atoms with Crippen LogP contribution in [0.1, 0.15) is 24.8 Å². The third kappa shape index (κ3) is 4.20. The van der Waals surface area contributed by atoms with E-state index in [9.17, 15) is 9.59 Å². The van der Waals surface area contributed by atoms with Crippen molar-refractivity contribution >= 4 is 23.5 Å². The van der Waals surface area contributed by atoms with Gasteiger partial charge in [0.25, 0.3) is 0 Å². The first-order valence-electron chi connectivity index (χ1n) is 8.69. The summed E-state index contributed by atoms with van der Waals surface area (Å²) in [6.07, 6.45) is 3.99. The molecule has 130 valence electrons. The van der Waals surface area contributed by atoms with E-state index in [-0.39, 0.29) is 17.9 Å². The molecule has 0 aromatic heterocycles. The van der Waals surface area contributed by atoms with E-state index in [0.717, 1.165) is 24.8 Å². The van der Waals surface area contributed by atoms with Crippen LogP contribution in [0.15, 0.2) is 24.3 Å². The second-order valence-corrected chi connectivity index (χ2v) is 6.99. The van der Waals surface area contributed by atoms with E-state index in [1.807, 2.05) is 29.2 Å². The summed E-state index contributed by atoms with van der Waals surface area (Å²) in [5, 5.41) is 3.66. The predicted octanol–water partition coefficient (Wildman–Crippen LogP) is 2.54. The lowest BCUT2D eigenvalue weighted by Crippen LogP contribution is -2.54. The highest BCUT2D eigenvalue weighted by atomic mass is 35.5. The molecule has 2 fully saturated rings. The van der Waals surface area contributed by atoms with E-state index in [4.69, 9.17) is 11.6 Å². The number of nitrogens with one attached hydrogen (secondary N) is 1. The smallest absolute Gasteiger partial charge is 0.317 e. The van der Waals surface area contributed by atoms with Gasteiger partial charge in [0.05, 0.1) is 0 Å². The Morgan fingerprint density at radius 1 is 1.12 bits per heavy atom. The molecule has 1 aromatic rings. The van der Waals surface area contributed by atoms with Gasteiger partial charge in [-0.1, -0.05) is 30.2 Å². The molecule has 5 nitrogen and oxygen atoms in total. The van der Waals surface area contributed by atoms with E-state index in [2.05, 4.69) is 5.32 Å². The fourth-order valence-corrected chi connectivity index (χ4v) is 3.37. The van der Waals surface area contributed by atoms with Crippen molar-refractivity contribution in [2.24, 2.45) is 5.92 Å². The number of nitrogens with zero attached hydrogens (tertiary/aromatic N) is 2. The average Bonchev–Trinajstić information content (AvgIpc) is 2.53. The zero-order valence-electron chi connectivity index (χ0n) is 13.8. The lowest BCUT2D eigenvalue weighted by molar-refractivity contribution is -0.139. The van der Waals surface area contributed by atoms with Crippen molar-refractivity contribution in [3.63, 3.8) is 0 Å². The maximum absolute atomic E-state index is 12.2. The lowest BCUT2D eigenvalue weighted by atomic mass is 9.84. The Bertz CT molecular complexity index is 596. The van der Waals surface area contributed by atoms with E-state index < -0.39 is 0 Å². The largest absolute Gasteiger partial charge is 0.339 e. The van der Waals surface area contributed by atoms with Crippen LogP contribution in [-0.2, 0) is 11.2 Å². The first-order valence-corrected chi connectivity index (χ1v) is 9.07. The van der Waals surface area contributed by atoms with Crippen LogP contribution in [-0.4, -0.2) is 54.5 Å². The van der Waals surface area contributed by atoms with Crippen molar-refractivity contribution in [2.75, 3.05) is 32.7 Å². The number of benzene rings is 1. The minimum atomic E-state index is -0.0484. The summed E-state index contributed by atoms with van der Waals surface area (Å²) < 4.78 is 0. The predicted molar refractivity (Wildman–Crippen MR) is 94.0 cm³/mol. The van der Waals surface area contributed by atoms with Crippen molar-refractivity contribution in [1.29, 1.82) is 0 Å². The number of urea groups is 1. The van der Waals surface area contributed by atoms with Gasteiger partial charge in [-0.2, -0.15) is 0 Å². The monoisotopic (exact) mass is 349 g/mol. The van der Waals surface area contributed by atoms with Gasteiger partial charge in [0.2, 0.25) is 5.91 Å². The Balaban J connectivity index is 1.38. The van der Waals surface area contributed by atoms with Crippen LogP contribution in [0.25, 0.3) is 0 Å². The van der Waals surface area contributed by atoms with Crippen molar-refractivity contribution in [1.82, 2.24) is 15.1 Å². The third-order valence-corrected chi connectivity index (χ3v) is 5.15. The zero-order chi connectivity index (χ0) is 16.9. The maximum Gasteiger partial charge on any atom is 0.317 e. The molecule has 3 amide bonds. The standard InChI is InChI=1S/C18H24ClN3O2/c19-16-6-1-3-14(13-16)7-8-20-18(24)22-11-9-21(10-12-22)17(23)15-4-2-5-15/h1,3,6,13,15H,2,4-5,7-12H2,(H,20,24). The molecule has 6 heteroatoms. The minimum Gasteiger partial charge on any atom is -0.339 e. The molecule has 0 bridgehead atoms. The van der Waals surface area contributed by atoms with E-state index >= 15 is 0 Å². The van der Waals surface area contributed by atoms with E-state index in [0.29, 0.717) is 37.7 Å². The molecule has 1 heterocycles. The average molecular weight is 350 g/mol. The molecule has 1 saturated heterocycles. The number of hydrogen-bond donors (Lipinski definition) is 1. The Morgan fingerprint density at radius 2 is 1.83 bits per heavy atom. The van der Waals surface area contributed by atoms with Gasteiger partial charge in [0.15, 0.2) is 0 Å². The van der Waals surface area contributed by atoms with Gasteiger partial charge < -0.3 is 15.1 Å². The van der Waals surface area contributed by atoms with Crippen LogP contribution < -0.4 is 5.32 Å². The SMILES string of the molecule is O=C(NCCc1cccc(Cl)c1)N1CCN(C(=O)C2CCC2)CC1. The molecule has 1 aliphatic heterocycles. The summed E-state index contributed by atoms with van der Waals surface area (Å²) in [6.45, 7) is 3.11. The molecule has 0 spiro atoms. The normalized spacial score (nSPS) is 18.2. The van der Waals surface area contributed by atoms with Gasteiger partial charge in [-0.3, -0.25) is 4.79 Å². The number of carbonyl (C=O) groups excluding carboxylic acids is 2. The van der Waals surface area contributed by atoms with Gasteiger partial charge in [0.1, 0.15) is 0 Å². The van der Waals surface area contributed by atoms with Crippen LogP contribution >= 0.6 is 11.6 Å². The van der Waals surface area contributed by atoms with Crippen LogP contribution in [0, 0.1) is 5.92 Å². The molecule has 0 unspecified atom stereocenters. The summed E-state index contributed by atoms with van der Waals surface area (Å²) in [7, 11) is 0. The van der Waals surface area contributed by atoms with Crippen LogP contribution in [0.3, 0.4) is 0 Å². The Labute approximate surface area is 147 Å². The summed E-state index contributed by atoms with van der Waals surface area (Å²) in [5.41, 5.74) is 1.11. The van der Waals surface area contributed by atoms with Gasteiger partial charge in [-0.25, -0.2) is 4.79 Å². The fraction of sp³-hybridized carbons (Fsp3) is 0.556. The molecule has 1 aromatic carbocycles. The van der Waals surface area contributed by atoms with Crippen molar-refractivity contribution < 1.29 is 9.59 Å². The van der Waals surface area contributed by atoms with Gasteiger partial charge in [0, 0.05) is 43.7 Å². The minimum absolute atomic E-state index is 0.0484. The highest BCUT2D eigenvalue weighted by molar-refractivity contribution is 6.30. The molecule has 24 heavy (non-hydrogen) atoms. The number of hydrogen-bond acceptors (Lipinski definition) is 2. The first-order chi connectivity index (χ1) is 11.6. The molecule has 3 rings (SSSR count). The number of carbonyl (C=O) groups is 2. The van der Waals surface area contributed by atoms with Crippen molar-refractivity contribution in [2.45, 2.75) is 25.7 Å². The van der Waals surface area contributed by atoms with E-state index in [1.54, 1.807) is 4.90 Å².